The van der Waals surface area contributed by atoms with Gasteiger partial charge in [0.05, 0.1) is 11.7 Å². The summed E-state index contributed by atoms with van der Waals surface area (Å²) in [6.45, 7) is 3.28. The molecule has 2 fully saturated rings. The lowest BCUT2D eigenvalue weighted by Gasteiger charge is -2.39. The highest BCUT2D eigenvalue weighted by Gasteiger charge is 2.28. The first-order chi connectivity index (χ1) is 23.1. The molecule has 1 aliphatic carbocycles. The Balaban J connectivity index is 1.07. The van der Waals surface area contributed by atoms with E-state index in [9.17, 15) is 0 Å². The second-order valence-electron chi connectivity index (χ2n) is 12.4. The fourth-order valence-corrected chi connectivity index (χ4v) is 6.84. The van der Waals surface area contributed by atoms with Gasteiger partial charge < -0.3 is 10.2 Å². The number of nitrogens with one attached hydrogen (secondary N) is 1. The maximum absolute atomic E-state index is 6.25. The standard InChI is InChI=1S/C38H35Cl2N7/c39-30-15-9-28(10-16-30)36(29-11-17-31(40)18-12-29)45-21-23-46(24-22-45)38-43-37-42-35(27-13-19-33(20-14-27)41-32-7-4-8-32)34(25-47(37)44-38)26-5-2-1-3-6-26/h1-3,5-6,9-20,25,32,36,41H,4,7-8,21-24H2. The second-order valence-corrected chi connectivity index (χ2v) is 13.3. The third-order valence-corrected chi connectivity index (χ3v) is 9.88. The molecule has 236 valence electrons. The average molecular weight is 661 g/mol. The van der Waals surface area contributed by atoms with E-state index in [1.54, 1.807) is 0 Å². The van der Waals surface area contributed by atoms with E-state index in [2.05, 4.69) is 94.1 Å². The average Bonchev–Trinajstić information content (AvgIpc) is 3.52. The van der Waals surface area contributed by atoms with Crippen LogP contribution in [0.2, 0.25) is 10.0 Å². The van der Waals surface area contributed by atoms with Gasteiger partial charge in [0.15, 0.2) is 0 Å². The minimum Gasteiger partial charge on any atom is -0.382 e. The van der Waals surface area contributed by atoms with Gasteiger partial charge in [-0.25, -0.2) is 9.50 Å². The molecule has 2 aliphatic rings. The maximum atomic E-state index is 6.25. The molecule has 1 N–H and O–H groups in total. The summed E-state index contributed by atoms with van der Waals surface area (Å²) in [7, 11) is 0. The Hall–Kier alpha value is -4.43. The Morgan fingerprint density at radius 2 is 1.32 bits per heavy atom. The lowest BCUT2D eigenvalue weighted by Crippen LogP contribution is -2.48. The van der Waals surface area contributed by atoms with Crippen molar-refractivity contribution in [2.75, 3.05) is 36.4 Å². The molecule has 47 heavy (non-hydrogen) atoms. The minimum atomic E-state index is 0.0914. The number of anilines is 2. The number of hydrogen-bond donors (Lipinski definition) is 1. The highest BCUT2D eigenvalue weighted by atomic mass is 35.5. The number of aromatic nitrogens is 4. The van der Waals surface area contributed by atoms with Gasteiger partial charge in [-0.2, -0.15) is 4.98 Å². The topological polar surface area (TPSA) is 61.6 Å². The van der Waals surface area contributed by atoms with Crippen molar-refractivity contribution < 1.29 is 0 Å². The van der Waals surface area contributed by atoms with Crippen molar-refractivity contribution in [3.8, 4) is 22.4 Å². The molecule has 7 nitrogen and oxygen atoms in total. The second kappa shape index (κ2) is 13.0. The number of halogens is 2. The van der Waals surface area contributed by atoms with Gasteiger partial charge in [-0.15, -0.1) is 5.10 Å². The van der Waals surface area contributed by atoms with Gasteiger partial charge in [0, 0.05) is 65.3 Å². The summed E-state index contributed by atoms with van der Waals surface area (Å²) in [5.74, 6) is 1.29. The van der Waals surface area contributed by atoms with Crippen LogP contribution in [0, 0.1) is 0 Å². The predicted octanol–water partition coefficient (Wildman–Crippen LogP) is 8.64. The van der Waals surface area contributed by atoms with E-state index in [1.807, 2.05) is 34.8 Å². The summed E-state index contributed by atoms with van der Waals surface area (Å²) < 4.78 is 1.82. The zero-order valence-electron chi connectivity index (χ0n) is 25.9. The third-order valence-electron chi connectivity index (χ3n) is 9.37. The zero-order valence-corrected chi connectivity index (χ0v) is 27.4. The van der Waals surface area contributed by atoms with Gasteiger partial charge in [-0.1, -0.05) is 89.9 Å². The number of piperazine rings is 1. The monoisotopic (exact) mass is 659 g/mol. The van der Waals surface area contributed by atoms with Crippen LogP contribution in [0.1, 0.15) is 36.4 Å². The Kier molecular flexibility index (Phi) is 8.28. The van der Waals surface area contributed by atoms with Gasteiger partial charge in [0.1, 0.15) is 0 Å². The normalized spacial score (nSPS) is 15.7. The van der Waals surface area contributed by atoms with Gasteiger partial charge in [0.2, 0.25) is 5.95 Å². The maximum Gasteiger partial charge on any atom is 0.254 e. The molecule has 3 heterocycles. The van der Waals surface area contributed by atoms with E-state index in [1.165, 1.54) is 30.4 Å². The SMILES string of the molecule is Clc1ccc(C(c2ccc(Cl)cc2)N2CCN(c3nc4nc(-c5ccc(NC6CCC6)cc5)c(-c5ccccc5)cn4n3)CC2)cc1. The molecule has 8 rings (SSSR count). The van der Waals surface area contributed by atoms with Gasteiger partial charge in [-0.3, -0.25) is 4.90 Å². The summed E-state index contributed by atoms with van der Waals surface area (Å²) in [6, 6.07) is 36.0. The van der Waals surface area contributed by atoms with Crippen LogP contribution < -0.4 is 10.2 Å². The van der Waals surface area contributed by atoms with E-state index in [-0.39, 0.29) is 6.04 Å². The Morgan fingerprint density at radius 3 is 1.91 bits per heavy atom. The Labute approximate surface area is 284 Å². The van der Waals surface area contributed by atoms with Gasteiger partial charge in [-0.05, 0) is 72.4 Å². The molecule has 0 spiro atoms. The van der Waals surface area contributed by atoms with Crippen LogP contribution in [0.25, 0.3) is 28.2 Å². The van der Waals surface area contributed by atoms with Crippen molar-refractivity contribution in [1.82, 2.24) is 24.5 Å². The van der Waals surface area contributed by atoms with E-state index in [4.69, 9.17) is 38.3 Å². The molecule has 6 aromatic rings. The van der Waals surface area contributed by atoms with E-state index in [0.717, 1.165) is 64.3 Å². The molecule has 0 radical (unpaired) electrons. The van der Waals surface area contributed by atoms with Crippen molar-refractivity contribution in [3.05, 3.63) is 130 Å². The van der Waals surface area contributed by atoms with E-state index in [0.29, 0.717) is 17.8 Å². The number of benzene rings is 4. The van der Waals surface area contributed by atoms with Gasteiger partial charge >= 0.3 is 0 Å². The van der Waals surface area contributed by atoms with Crippen LogP contribution in [0.15, 0.2) is 109 Å². The molecular weight excluding hydrogens is 625 g/mol. The van der Waals surface area contributed by atoms with Crippen LogP contribution in [0.5, 0.6) is 0 Å². The molecule has 1 saturated carbocycles. The molecule has 9 heteroatoms. The lowest BCUT2D eigenvalue weighted by molar-refractivity contribution is 0.211. The van der Waals surface area contributed by atoms with Crippen LogP contribution in [0.4, 0.5) is 11.6 Å². The highest BCUT2D eigenvalue weighted by molar-refractivity contribution is 6.30. The lowest BCUT2D eigenvalue weighted by atomic mass is 9.93. The first kappa shape index (κ1) is 29.9. The molecule has 0 atom stereocenters. The molecule has 2 aromatic heterocycles. The molecule has 0 bridgehead atoms. The van der Waals surface area contributed by atoms with E-state index < -0.39 is 0 Å². The largest absolute Gasteiger partial charge is 0.382 e. The summed E-state index contributed by atoms with van der Waals surface area (Å²) in [6.07, 6.45) is 5.86. The first-order valence-corrected chi connectivity index (χ1v) is 17.0. The van der Waals surface area contributed by atoms with E-state index >= 15 is 0 Å². The summed E-state index contributed by atoms with van der Waals surface area (Å²) in [4.78, 5) is 14.8. The first-order valence-electron chi connectivity index (χ1n) is 16.3. The number of rotatable bonds is 8. The number of fused-ring (bicyclic) bond motifs is 1. The van der Waals surface area contributed by atoms with Gasteiger partial charge in [0.25, 0.3) is 5.78 Å². The Morgan fingerprint density at radius 1 is 0.681 bits per heavy atom. The summed E-state index contributed by atoms with van der Waals surface area (Å²) >= 11 is 12.5. The van der Waals surface area contributed by atoms with Crippen LogP contribution >= 0.6 is 23.2 Å². The van der Waals surface area contributed by atoms with Crippen molar-refractivity contribution >= 4 is 40.6 Å². The van der Waals surface area contributed by atoms with Crippen molar-refractivity contribution in [2.24, 2.45) is 0 Å². The fourth-order valence-electron chi connectivity index (χ4n) is 6.59. The molecule has 0 amide bonds. The molecular formula is C38H35Cl2N7. The van der Waals surface area contributed by atoms with Crippen LogP contribution in [-0.2, 0) is 0 Å². The van der Waals surface area contributed by atoms with Crippen molar-refractivity contribution in [1.29, 1.82) is 0 Å². The third kappa shape index (κ3) is 6.31. The quantitative estimate of drug-likeness (QED) is 0.176. The smallest absolute Gasteiger partial charge is 0.254 e. The summed E-state index contributed by atoms with van der Waals surface area (Å²) in [5.41, 5.74) is 7.62. The molecule has 4 aromatic carbocycles. The zero-order chi connectivity index (χ0) is 31.7. The highest BCUT2D eigenvalue weighted by Crippen LogP contribution is 2.34. The molecule has 0 unspecified atom stereocenters. The predicted molar refractivity (Wildman–Crippen MR) is 191 cm³/mol. The minimum absolute atomic E-state index is 0.0914. The summed E-state index contributed by atoms with van der Waals surface area (Å²) in [5, 5.41) is 10.0. The molecule has 1 aliphatic heterocycles. The van der Waals surface area contributed by atoms with Crippen molar-refractivity contribution in [3.63, 3.8) is 0 Å². The molecule has 1 saturated heterocycles. The van der Waals surface area contributed by atoms with Crippen LogP contribution in [0.3, 0.4) is 0 Å². The Bertz CT molecular complexity index is 1920. The fraction of sp³-hybridized carbons (Fsp3) is 0.237. The van der Waals surface area contributed by atoms with Crippen LogP contribution in [-0.4, -0.2) is 56.7 Å². The van der Waals surface area contributed by atoms with Crippen molar-refractivity contribution in [2.45, 2.75) is 31.3 Å². The number of nitrogens with zero attached hydrogens (tertiary/aromatic N) is 6. The number of hydrogen-bond acceptors (Lipinski definition) is 6.